The molecular formula is C13H20N2O2S. The summed E-state index contributed by atoms with van der Waals surface area (Å²) in [7, 11) is -3.45. The number of rotatable bonds is 4. The van der Waals surface area contributed by atoms with Crippen molar-refractivity contribution >= 4 is 10.0 Å². The molecular weight excluding hydrogens is 248 g/mol. The molecule has 1 aliphatic rings. The zero-order valence-electron chi connectivity index (χ0n) is 10.9. The van der Waals surface area contributed by atoms with E-state index in [1.165, 1.54) is 0 Å². The molecule has 2 rings (SSSR count). The van der Waals surface area contributed by atoms with Gasteiger partial charge in [0.25, 0.3) is 0 Å². The Labute approximate surface area is 109 Å². The van der Waals surface area contributed by atoms with Gasteiger partial charge in [-0.05, 0) is 50.3 Å². The van der Waals surface area contributed by atoms with E-state index in [0.29, 0.717) is 11.4 Å². The zero-order chi connectivity index (χ0) is 13.4. The normalized spacial score (nSPS) is 18.4. The SMILES string of the molecule is Cc1ccc(C)c(S(=O)(=O)NCC2(N)CCC2)c1. The molecule has 0 radical (unpaired) electrons. The molecule has 0 aromatic heterocycles. The molecule has 0 atom stereocenters. The third-order valence-corrected chi connectivity index (χ3v) is 5.14. The lowest BCUT2D eigenvalue weighted by Crippen LogP contribution is -2.54. The molecule has 1 saturated carbocycles. The number of nitrogens with one attached hydrogen (secondary N) is 1. The van der Waals surface area contributed by atoms with Gasteiger partial charge in [-0.3, -0.25) is 0 Å². The predicted molar refractivity (Wildman–Crippen MR) is 71.9 cm³/mol. The van der Waals surface area contributed by atoms with Crippen molar-refractivity contribution in [1.29, 1.82) is 0 Å². The molecule has 0 saturated heterocycles. The van der Waals surface area contributed by atoms with Crippen LogP contribution >= 0.6 is 0 Å². The Morgan fingerprint density at radius 2 is 2.00 bits per heavy atom. The highest BCUT2D eigenvalue weighted by atomic mass is 32.2. The smallest absolute Gasteiger partial charge is 0.240 e. The van der Waals surface area contributed by atoms with Crippen LogP contribution in [0.2, 0.25) is 0 Å². The Kier molecular flexibility index (Phi) is 3.49. The maximum absolute atomic E-state index is 12.2. The monoisotopic (exact) mass is 268 g/mol. The topological polar surface area (TPSA) is 72.2 Å². The number of hydrogen-bond acceptors (Lipinski definition) is 3. The Balaban J connectivity index is 2.17. The van der Waals surface area contributed by atoms with Crippen LogP contribution in [0, 0.1) is 13.8 Å². The molecule has 0 aliphatic heterocycles. The molecule has 1 aromatic carbocycles. The fourth-order valence-electron chi connectivity index (χ4n) is 2.12. The van der Waals surface area contributed by atoms with Crippen LogP contribution in [-0.2, 0) is 10.0 Å². The highest BCUT2D eigenvalue weighted by Gasteiger charge is 2.33. The Hall–Kier alpha value is -0.910. The van der Waals surface area contributed by atoms with Gasteiger partial charge in [-0.15, -0.1) is 0 Å². The summed E-state index contributed by atoms with van der Waals surface area (Å²) in [5.41, 5.74) is 7.38. The number of nitrogens with two attached hydrogens (primary N) is 1. The van der Waals surface area contributed by atoms with Gasteiger partial charge in [-0.2, -0.15) is 0 Å². The van der Waals surface area contributed by atoms with Crippen molar-refractivity contribution in [2.24, 2.45) is 5.73 Å². The average Bonchev–Trinajstić information content (AvgIpc) is 2.27. The second-order valence-corrected chi connectivity index (χ2v) is 7.04. The minimum absolute atomic E-state index is 0.322. The van der Waals surface area contributed by atoms with Crippen molar-refractivity contribution in [2.75, 3.05) is 6.54 Å². The van der Waals surface area contributed by atoms with E-state index in [2.05, 4.69) is 4.72 Å². The number of hydrogen-bond donors (Lipinski definition) is 2. The molecule has 5 heteroatoms. The van der Waals surface area contributed by atoms with Crippen LogP contribution in [0.15, 0.2) is 23.1 Å². The first-order valence-electron chi connectivity index (χ1n) is 6.18. The summed E-state index contributed by atoms with van der Waals surface area (Å²) < 4.78 is 27.1. The molecule has 0 amide bonds. The molecule has 4 nitrogen and oxygen atoms in total. The van der Waals surface area contributed by atoms with Gasteiger partial charge in [0.2, 0.25) is 10.0 Å². The van der Waals surface area contributed by atoms with Crippen molar-refractivity contribution in [3.05, 3.63) is 29.3 Å². The van der Waals surface area contributed by atoms with E-state index in [-0.39, 0.29) is 5.54 Å². The number of benzene rings is 1. The summed E-state index contributed by atoms with van der Waals surface area (Å²) >= 11 is 0. The molecule has 0 spiro atoms. The fraction of sp³-hybridized carbons (Fsp3) is 0.538. The van der Waals surface area contributed by atoms with Gasteiger partial charge in [0.05, 0.1) is 4.90 Å². The largest absolute Gasteiger partial charge is 0.324 e. The van der Waals surface area contributed by atoms with E-state index in [9.17, 15) is 8.42 Å². The summed E-state index contributed by atoms with van der Waals surface area (Å²) in [6, 6.07) is 5.43. The van der Waals surface area contributed by atoms with Crippen molar-refractivity contribution in [3.63, 3.8) is 0 Å². The van der Waals surface area contributed by atoms with Crippen LogP contribution in [0.5, 0.6) is 0 Å². The molecule has 100 valence electrons. The Bertz CT molecular complexity index is 548. The molecule has 1 aromatic rings. The summed E-state index contributed by atoms with van der Waals surface area (Å²) in [6.07, 6.45) is 2.87. The van der Waals surface area contributed by atoms with E-state index in [4.69, 9.17) is 5.73 Å². The van der Waals surface area contributed by atoms with Gasteiger partial charge < -0.3 is 5.73 Å². The van der Waals surface area contributed by atoms with Gasteiger partial charge in [0, 0.05) is 12.1 Å². The first kappa shape index (κ1) is 13.5. The minimum Gasteiger partial charge on any atom is -0.324 e. The van der Waals surface area contributed by atoms with Crippen LogP contribution in [0.1, 0.15) is 30.4 Å². The molecule has 0 bridgehead atoms. The van der Waals surface area contributed by atoms with Gasteiger partial charge >= 0.3 is 0 Å². The van der Waals surface area contributed by atoms with Crippen molar-refractivity contribution < 1.29 is 8.42 Å². The van der Waals surface area contributed by atoms with Gasteiger partial charge in [-0.25, -0.2) is 13.1 Å². The van der Waals surface area contributed by atoms with Gasteiger partial charge in [-0.1, -0.05) is 12.1 Å². The lowest BCUT2D eigenvalue weighted by atomic mass is 9.78. The third kappa shape index (κ3) is 2.74. The van der Waals surface area contributed by atoms with Crippen molar-refractivity contribution in [2.45, 2.75) is 43.5 Å². The van der Waals surface area contributed by atoms with E-state index in [0.717, 1.165) is 30.4 Å². The van der Waals surface area contributed by atoms with Crippen LogP contribution in [0.25, 0.3) is 0 Å². The zero-order valence-corrected chi connectivity index (χ0v) is 11.7. The van der Waals surface area contributed by atoms with E-state index in [1.807, 2.05) is 19.1 Å². The average molecular weight is 268 g/mol. The lowest BCUT2D eigenvalue weighted by Gasteiger charge is -2.38. The summed E-state index contributed by atoms with van der Waals surface area (Å²) in [4.78, 5) is 0.352. The third-order valence-electron chi connectivity index (χ3n) is 3.60. The predicted octanol–water partition coefficient (Wildman–Crippen LogP) is 1.46. The molecule has 1 aliphatic carbocycles. The fourth-order valence-corrected chi connectivity index (χ4v) is 3.59. The standard InChI is InChI=1S/C13H20N2O2S/c1-10-4-5-11(2)12(8-10)18(16,17)15-9-13(14)6-3-7-13/h4-5,8,15H,3,6-7,9,14H2,1-2H3. The minimum atomic E-state index is -3.45. The first-order chi connectivity index (χ1) is 8.32. The summed E-state index contributed by atoms with van der Waals surface area (Å²) in [5, 5.41) is 0. The maximum Gasteiger partial charge on any atom is 0.240 e. The van der Waals surface area contributed by atoms with Crippen molar-refractivity contribution in [1.82, 2.24) is 4.72 Å². The molecule has 1 fully saturated rings. The second-order valence-electron chi connectivity index (χ2n) is 5.31. The molecule has 0 unspecified atom stereocenters. The van der Waals surface area contributed by atoms with Gasteiger partial charge in [0.15, 0.2) is 0 Å². The van der Waals surface area contributed by atoms with Crippen molar-refractivity contribution in [3.8, 4) is 0 Å². The van der Waals surface area contributed by atoms with Crippen LogP contribution < -0.4 is 10.5 Å². The molecule has 3 N–H and O–H groups in total. The van der Waals surface area contributed by atoms with Crippen LogP contribution in [0.4, 0.5) is 0 Å². The highest BCUT2D eigenvalue weighted by Crippen LogP contribution is 2.28. The van der Waals surface area contributed by atoms with Crippen LogP contribution in [0.3, 0.4) is 0 Å². The van der Waals surface area contributed by atoms with E-state index in [1.54, 1.807) is 13.0 Å². The number of sulfonamides is 1. The summed E-state index contributed by atoms with van der Waals surface area (Å²) in [6.45, 7) is 4.01. The van der Waals surface area contributed by atoms with Gasteiger partial charge in [0.1, 0.15) is 0 Å². The van der Waals surface area contributed by atoms with Crippen LogP contribution in [-0.4, -0.2) is 20.5 Å². The quantitative estimate of drug-likeness (QED) is 0.868. The molecule has 0 heterocycles. The number of aryl methyl sites for hydroxylation is 2. The Morgan fingerprint density at radius 3 is 2.56 bits per heavy atom. The highest BCUT2D eigenvalue weighted by molar-refractivity contribution is 7.89. The van der Waals surface area contributed by atoms with E-state index >= 15 is 0 Å². The Morgan fingerprint density at radius 1 is 1.33 bits per heavy atom. The lowest BCUT2D eigenvalue weighted by molar-refractivity contribution is 0.251. The first-order valence-corrected chi connectivity index (χ1v) is 7.67. The summed E-state index contributed by atoms with van der Waals surface area (Å²) in [5.74, 6) is 0. The maximum atomic E-state index is 12.2. The second kappa shape index (κ2) is 4.64. The molecule has 18 heavy (non-hydrogen) atoms. The van der Waals surface area contributed by atoms with E-state index < -0.39 is 10.0 Å².